The lowest BCUT2D eigenvalue weighted by Gasteiger charge is -2.35. The summed E-state index contributed by atoms with van der Waals surface area (Å²) in [4.78, 5) is 14.4. The van der Waals surface area contributed by atoms with Crippen LogP contribution in [-0.4, -0.2) is 0 Å². The van der Waals surface area contributed by atoms with E-state index in [1.807, 2.05) is 0 Å². The Balaban J connectivity index is 0.000000176. The van der Waals surface area contributed by atoms with E-state index in [2.05, 4.69) is 596 Å². The van der Waals surface area contributed by atoms with Crippen molar-refractivity contribution >= 4 is 102 Å². The van der Waals surface area contributed by atoms with E-state index in [0.29, 0.717) is 0 Å². The first kappa shape index (κ1) is 90.6. The summed E-state index contributed by atoms with van der Waals surface area (Å²) in [6.45, 7) is 21.6. The maximum absolute atomic E-state index is 2.53. The molecule has 6 nitrogen and oxygen atoms in total. The molecule has 0 N–H and O–H groups in total. The Bertz CT molecular complexity index is 7130. The predicted octanol–water partition coefficient (Wildman–Crippen LogP) is 38.3. The lowest BCUT2D eigenvalue weighted by Crippen LogP contribution is -2.27. The van der Waals surface area contributed by atoms with E-state index in [-0.39, 0.29) is 0 Å². The minimum Gasteiger partial charge on any atom is -0.311 e. The molecule has 690 valence electrons. The summed E-state index contributed by atoms with van der Waals surface area (Å²) in [5, 5.41) is 0. The van der Waals surface area contributed by atoms with Gasteiger partial charge >= 0.3 is 0 Å². The molecule has 0 atom stereocenters. The van der Waals surface area contributed by atoms with Gasteiger partial charge in [-0.25, -0.2) is 0 Å². The van der Waals surface area contributed by atoms with E-state index >= 15 is 0 Å². The maximum atomic E-state index is 2.53. The number of benzene rings is 21. The number of fused-ring (bicyclic) bond motifs is 10. The van der Waals surface area contributed by atoms with Gasteiger partial charge in [-0.2, -0.15) is 0 Å². The summed E-state index contributed by atoms with van der Waals surface area (Å²) in [5.41, 5.74) is 50.7. The molecule has 0 aromatic heterocycles. The van der Waals surface area contributed by atoms with E-state index in [4.69, 9.17) is 0 Å². The molecule has 21 aromatic rings. The first-order valence-electron chi connectivity index (χ1n) is 49.6. The average Bonchev–Trinajstić information content (AvgIpc) is 1.50. The van der Waals surface area contributed by atoms with Crippen LogP contribution in [0, 0.1) is 69.2 Å². The van der Waals surface area contributed by atoms with E-state index in [0.717, 1.165) is 102 Å². The molecule has 0 unspecified atom stereocenters. The van der Waals surface area contributed by atoms with Gasteiger partial charge in [0.2, 0.25) is 0 Å². The van der Waals surface area contributed by atoms with Crippen LogP contribution in [0.3, 0.4) is 0 Å². The molecule has 0 bridgehead atoms. The molecule has 6 heteroatoms. The molecule has 1 spiro atoms. The van der Waals surface area contributed by atoms with Crippen molar-refractivity contribution in [2.75, 3.05) is 29.4 Å². The molecule has 0 saturated heterocycles. The van der Waals surface area contributed by atoms with Gasteiger partial charge in [-0.3, -0.25) is 0 Å². The molecule has 0 aliphatic heterocycles. The second-order valence-electron chi connectivity index (χ2n) is 38.5. The monoisotopic (exact) mass is 1840 g/mol. The molecule has 21 aromatic carbocycles. The standard InChI is InChI=1S/C81H68N4.C56H44N2/c1-53-9-25-61(26-10-53)82(62-27-11-54(2)12-28-62)69-41-45-73-74-46-42-70(83(63-29-13-55(3)14-30-63)64-31-15-56(4)16-32-64)50-78(74)81(77(73)49-69)79-51-71(84(65-33-17-57(5)18-34-65)66-35-19-58(6)20-36-66)43-47-75(79)76-48-44-72(52-80(76)81)85(67-37-21-59(7)22-38-67)68-39-23-60(8)24-40-68;1-41-13-29-51(30-14-41)57(53-33-21-47(22-34-53)43-9-5-3-6-10-43)55-37-25-49(26-38-55)45-17-19-46(20-18-45)50-27-39-56(40-28-50)58(52-31-15-42(2)16-32-52)54-35-23-48(24-36-54)44-11-7-4-8-12-44/h9-52H,1-8H3;3-40H,1-2H3. The molecule has 23 rings (SSSR count). The van der Waals surface area contributed by atoms with Crippen molar-refractivity contribution in [3.05, 3.63) is 575 Å². The molecule has 0 amide bonds. The first-order chi connectivity index (χ1) is 69.9. The topological polar surface area (TPSA) is 19.4 Å². The fourth-order valence-corrected chi connectivity index (χ4v) is 20.7. The molecule has 143 heavy (non-hydrogen) atoms. The van der Waals surface area contributed by atoms with E-state index < -0.39 is 5.41 Å². The fourth-order valence-electron chi connectivity index (χ4n) is 20.7. The van der Waals surface area contributed by atoms with E-state index in [9.17, 15) is 0 Å². The summed E-state index contributed by atoms with van der Waals surface area (Å²) in [6, 6.07) is 184. The average molecular weight is 1840 g/mol. The van der Waals surface area contributed by atoms with Crippen molar-refractivity contribution in [1.82, 2.24) is 0 Å². The highest BCUT2D eigenvalue weighted by Gasteiger charge is 2.53. The Morgan fingerprint density at radius 2 is 0.224 bits per heavy atom. The second kappa shape index (κ2) is 39.0. The summed E-state index contributed by atoms with van der Waals surface area (Å²) in [5.74, 6) is 0. The van der Waals surface area contributed by atoms with Gasteiger partial charge in [-0.15, -0.1) is 0 Å². The van der Waals surface area contributed by atoms with Gasteiger partial charge in [0.05, 0.1) is 5.41 Å². The second-order valence-corrected chi connectivity index (χ2v) is 38.5. The molecule has 0 fully saturated rings. The van der Waals surface area contributed by atoms with Gasteiger partial charge in [0.1, 0.15) is 0 Å². The van der Waals surface area contributed by atoms with Crippen LogP contribution in [0.2, 0.25) is 0 Å². The molecular weight excluding hydrogens is 1730 g/mol. The predicted molar refractivity (Wildman–Crippen MR) is 606 cm³/mol. The molecule has 2 aliphatic carbocycles. The zero-order valence-electron chi connectivity index (χ0n) is 82.5. The minimum absolute atomic E-state index is 0.843. The summed E-state index contributed by atoms with van der Waals surface area (Å²) in [7, 11) is 0. The van der Waals surface area contributed by atoms with Gasteiger partial charge in [-0.05, 0) is 377 Å². The molecular formula is C137H112N6. The summed E-state index contributed by atoms with van der Waals surface area (Å²) >= 11 is 0. The smallest absolute Gasteiger partial charge is 0.0728 e. The number of anilines is 18. The Labute approximate surface area is 842 Å². The minimum atomic E-state index is -0.843. The third kappa shape index (κ3) is 18.2. The van der Waals surface area contributed by atoms with Crippen LogP contribution < -0.4 is 29.4 Å². The Hall–Kier alpha value is -17.6. The highest BCUT2D eigenvalue weighted by Crippen LogP contribution is 2.66. The molecule has 0 saturated carbocycles. The van der Waals surface area contributed by atoms with Crippen LogP contribution in [0.15, 0.2) is 497 Å². The summed E-state index contributed by atoms with van der Waals surface area (Å²) < 4.78 is 0. The Morgan fingerprint density at radius 1 is 0.112 bits per heavy atom. The van der Waals surface area contributed by atoms with E-state index in [1.165, 1.54) is 145 Å². The zero-order chi connectivity index (χ0) is 97.4. The molecule has 2 aliphatic rings. The van der Waals surface area contributed by atoms with Gasteiger partial charge in [0, 0.05) is 102 Å². The quantitative estimate of drug-likeness (QED) is 0.0669. The van der Waals surface area contributed by atoms with Crippen LogP contribution in [0.5, 0.6) is 0 Å². The van der Waals surface area contributed by atoms with Crippen LogP contribution in [0.4, 0.5) is 102 Å². The van der Waals surface area contributed by atoms with Crippen LogP contribution >= 0.6 is 0 Å². The molecule has 0 heterocycles. The number of hydrogen-bond donors (Lipinski definition) is 0. The first-order valence-corrected chi connectivity index (χ1v) is 49.6. The third-order valence-electron chi connectivity index (χ3n) is 28.4. The van der Waals surface area contributed by atoms with Gasteiger partial charge < -0.3 is 29.4 Å². The number of rotatable bonds is 22. The largest absolute Gasteiger partial charge is 0.311 e. The van der Waals surface area contributed by atoms with Crippen molar-refractivity contribution in [3.8, 4) is 66.8 Å². The normalized spacial score (nSPS) is 11.8. The van der Waals surface area contributed by atoms with Crippen molar-refractivity contribution in [1.29, 1.82) is 0 Å². The summed E-state index contributed by atoms with van der Waals surface area (Å²) in [6.07, 6.45) is 0. The van der Waals surface area contributed by atoms with Gasteiger partial charge in [-0.1, -0.05) is 335 Å². The van der Waals surface area contributed by atoms with Crippen LogP contribution in [0.25, 0.3) is 66.8 Å². The Morgan fingerprint density at radius 3 is 0.371 bits per heavy atom. The Kier molecular flexibility index (Phi) is 24.7. The lowest BCUT2D eigenvalue weighted by atomic mass is 9.70. The molecule has 0 radical (unpaired) electrons. The zero-order valence-corrected chi connectivity index (χ0v) is 82.5. The maximum Gasteiger partial charge on any atom is 0.0728 e. The van der Waals surface area contributed by atoms with Crippen molar-refractivity contribution in [3.63, 3.8) is 0 Å². The fraction of sp³-hybridized carbons (Fsp3) is 0.0803. The van der Waals surface area contributed by atoms with Crippen molar-refractivity contribution in [2.24, 2.45) is 0 Å². The highest BCUT2D eigenvalue weighted by atomic mass is 15.2. The SMILES string of the molecule is Cc1ccc(N(c2ccc(-c3ccccc3)cc2)c2ccc(-c3ccc(-c4ccc(N(c5ccc(C)cc5)c5ccc(-c6ccccc6)cc5)cc4)cc3)cc2)cc1.Cc1ccc(N(c2ccc(C)cc2)c2ccc3c(c2)C2(c4cc(N(c5ccc(C)cc5)c5ccc(C)cc5)ccc4-3)c3cc(N(c4ccc(C)cc4)c4ccc(C)cc4)ccc3-c3ccc(N(c4ccc(C)cc4)c4ccc(C)cc4)cc32)cc1. The van der Waals surface area contributed by atoms with Gasteiger partial charge in [0.15, 0.2) is 0 Å². The lowest BCUT2D eigenvalue weighted by molar-refractivity contribution is 0.793. The third-order valence-corrected chi connectivity index (χ3v) is 28.4. The van der Waals surface area contributed by atoms with Crippen molar-refractivity contribution < 1.29 is 0 Å². The number of hydrogen-bond acceptors (Lipinski definition) is 6. The van der Waals surface area contributed by atoms with Crippen LogP contribution in [0.1, 0.15) is 77.9 Å². The highest BCUT2D eigenvalue weighted by molar-refractivity contribution is 6.01. The van der Waals surface area contributed by atoms with Crippen LogP contribution in [-0.2, 0) is 5.41 Å². The number of aryl methyl sites for hydroxylation is 10. The van der Waals surface area contributed by atoms with Crippen molar-refractivity contribution in [2.45, 2.75) is 74.7 Å². The van der Waals surface area contributed by atoms with Gasteiger partial charge in [0.25, 0.3) is 0 Å². The number of nitrogens with zero attached hydrogens (tertiary/aromatic N) is 6. The van der Waals surface area contributed by atoms with E-state index in [1.54, 1.807) is 0 Å².